The fourth-order valence-corrected chi connectivity index (χ4v) is 2.14. The molecule has 1 aromatic rings. The second-order valence-corrected chi connectivity index (χ2v) is 5.52. The smallest absolute Gasteiger partial charge is 0.137 e. The van der Waals surface area contributed by atoms with Gasteiger partial charge in [-0.3, -0.25) is 0 Å². The molecule has 0 aliphatic rings. The Kier molecular flexibility index (Phi) is 6.93. The van der Waals surface area contributed by atoms with Gasteiger partial charge in [0.1, 0.15) is 5.75 Å². The predicted molar refractivity (Wildman–Crippen MR) is 77.0 cm³/mol. The fourth-order valence-electron chi connectivity index (χ4n) is 1.41. The van der Waals surface area contributed by atoms with E-state index < -0.39 is 0 Å². The molecule has 0 fully saturated rings. The number of hydrogen-bond acceptors (Lipinski definition) is 2. The molecule has 1 unspecified atom stereocenters. The molecule has 0 heterocycles. The largest absolute Gasteiger partial charge is 0.492 e. The number of hydrogen-bond donors (Lipinski definition) is 1. The molecule has 96 valence electrons. The molecular formula is C13H19BrClNO. The van der Waals surface area contributed by atoms with Gasteiger partial charge in [-0.05, 0) is 31.2 Å². The first-order chi connectivity index (χ1) is 8.13. The number of nitrogens with one attached hydrogen (secondary N) is 1. The molecule has 0 saturated carbocycles. The summed E-state index contributed by atoms with van der Waals surface area (Å²) in [6.07, 6.45) is 1.16. The van der Waals surface area contributed by atoms with Crippen LogP contribution in [0, 0.1) is 5.92 Å². The fraction of sp³-hybridized carbons (Fsp3) is 0.538. The van der Waals surface area contributed by atoms with Crippen LogP contribution < -0.4 is 10.1 Å². The van der Waals surface area contributed by atoms with Crippen molar-refractivity contribution in [1.82, 2.24) is 5.32 Å². The molecule has 0 aliphatic heterocycles. The Morgan fingerprint density at radius 2 is 2.24 bits per heavy atom. The van der Waals surface area contributed by atoms with E-state index >= 15 is 0 Å². The van der Waals surface area contributed by atoms with Crippen LogP contribution in [0.4, 0.5) is 0 Å². The minimum absolute atomic E-state index is 0.473. The molecule has 17 heavy (non-hydrogen) atoms. The molecule has 0 aromatic heterocycles. The third-order valence-corrected chi connectivity index (χ3v) is 3.13. The van der Waals surface area contributed by atoms with E-state index in [0.717, 1.165) is 29.7 Å². The normalized spacial score (nSPS) is 12.5. The Morgan fingerprint density at radius 3 is 2.88 bits per heavy atom. The topological polar surface area (TPSA) is 21.3 Å². The van der Waals surface area contributed by atoms with Gasteiger partial charge in [-0.1, -0.05) is 41.4 Å². The van der Waals surface area contributed by atoms with Crippen LogP contribution in [0.5, 0.6) is 5.75 Å². The van der Waals surface area contributed by atoms with Crippen molar-refractivity contribution < 1.29 is 4.74 Å². The maximum atomic E-state index is 6.07. The van der Waals surface area contributed by atoms with Crippen molar-refractivity contribution in [2.75, 3.05) is 19.7 Å². The highest BCUT2D eigenvalue weighted by Gasteiger charge is 2.06. The van der Waals surface area contributed by atoms with E-state index in [4.69, 9.17) is 16.3 Å². The van der Waals surface area contributed by atoms with Crippen molar-refractivity contribution in [3.05, 3.63) is 27.7 Å². The Hall–Kier alpha value is -0.250. The van der Waals surface area contributed by atoms with Crippen LogP contribution >= 0.6 is 27.5 Å². The molecular weight excluding hydrogens is 302 g/mol. The quantitative estimate of drug-likeness (QED) is 0.763. The van der Waals surface area contributed by atoms with E-state index in [2.05, 4.69) is 35.1 Å². The second kappa shape index (κ2) is 7.96. The minimum Gasteiger partial charge on any atom is -0.492 e. The Bertz CT molecular complexity index is 346. The summed E-state index contributed by atoms with van der Waals surface area (Å²) in [4.78, 5) is 0. The standard InChI is InChI=1S/C13H19BrClNO/c1-3-6-16-8-10(2)9-17-13-5-4-11(14)7-12(13)15/h4-5,7,10,16H,3,6,8-9H2,1-2H3. The first-order valence-corrected chi connectivity index (χ1v) is 7.09. The second-order valence-electron chi connectivity index (χ2n) is 4.20. The highest BCUT2D eigenvalue weighted by atomic mass is 79.9. The zero-order chi connectivity index (χ0) is 12.7. The summed E-state index contributed by atoms with van der Waals surface area (Å²) >= 11 is 9.44. The van der Waals surface area contributed by atoms with Crippen LogP contribution in [0.2, 0.25) is 5.02 Å². The van der Waals surface area contributed by atoms with Crippen molar-refractivity contribution in [1.29, 1.82) is 0 Å². The average molecular weight is 321 g/mol. The molecule has 1 rings (SSSR count). The van der Waals surface area contributed by atoms with E-state index in [1.807, 2.05) is 18.2 Å². The van der Waals surface area contributed by atoms with Crippen LogP contribution in [0.15, 0.2) is 22.7 Å². The zero-order valence-electron chi connectivity index (χ0n) is 10.3. The van der Waals surface area contributed by atoms with Crippen LogP contribution in [0.1, 0.15) is 20.3 Å². The lowest BCUT2D eigenvalue weighted by atomic mass is 10.2. The van der Waals surface area contributed by atoms with Gasteiger partial charge in [0.25, 0.3) is 0 Å². The van der Waals surface area contributed by atoms with Crippen LogP contribution in [-0.4, -0.2) is 19.7 Å². The molecule has 1 N–H and O–H groups in total. The van der Waals surface area contributed by atoms with Crippen LogP contribution in [0.3, 0.4) is 0 Å². The third kappa shape index (κ3) is 5.75. The molecule has 0 amide bonds. The van der Waals surface area contributed by atoms with Gasteiger partial charge >= 0.3 is 0 Å². The van der Waals surface area contributed by atoms with Crippen molar-refractivity contribution >= 4 is 27.5 Å². The van der Waals surface area contributed by atoms with Crippen LogP contribution in [-0.2, 0) is 0 Å². The molecule has 0 saturated heterocycles. The Balaban J connectivity index is 2.34. The number of halogens is 2. The minimum atomic E-state index is 0.473. The first-order valence-electron chi connectivity index (χ1n) is 5.92. The number of ether oxygens (including phenoxy) is 1. The maximum Gasteiger partial charge on any atom is 0.137 e. The lowest BCUT2D eigenvalue weighted by Crippen LogP contribution is -2.25. The van der Waals surface area contributed by atoms with Gasteiger partial charge in [0, 0.05) is 16.9 Å². The zero-order valence-corrected chi connectivity index (χ0v) is 12.6. The van der Waals surface area contributed by atoms with Gasteiger partial charge in [-0.2, -0.15) is 0 Å². The van der Waals surface area contributed by atoms with E-state index in [1.54, 1.807) is 0 Å². The lowest BCUT2D eigenvalue weighted by Gasteiger charge is -2.14. The molecule has 0 spiro atoms. The van der Waals surface area contributed by atoms with Gasteiger partial charge < -0.3 is 10.1 Å². The van der Waals surface area contributed by atoms with Crippen molar-refractivity contribution in [2.45, 2.75) is 20.3 Å². The van der Waals surface area contributed by atoms with E-state index in [0.29, 0.717) is 17.5 Å². The van der Waals surface area contributed by atoms with Crippen molar-refractivity contribution in [3.63, 3.8) is 0 Å². The van der Waals surface area contributed by atoms with Gasteiger partial charge in [-0.15, -0.1) is 0 Å². The maximum absolute atomic E-state index is 6.07. The van der Waals surface area contributed by atoms with Crippen LogP contribution in [0.25, 0.3) is 0 Å². The van der Waals surface area contributed by atoms with E-state index in [-0.39, 0.29) is 0 Å². The van der Waals surface area contributed by atoms with E-state index in [9.17, 15) is 0 Å². The monoisotopic (exact) mass is 319 g/mol. The van der Waals surface area contributed by atoms with E-state index in [1.165, 1.54) is 0 Å². The molecule has 2 nitrogen and oxygen atoms in total. The molecule has 0 radical (unpaired) electrons. The Labute approximate surface area is 117 Å². The van der Waals surface area contributed by atoms with Crippen molar-refractivity contribution in [2.24, 2.45) is 5.92 Å². The van der Waals surface area contributed by atoms with Gasteiger partial charge in [0.15, 0.2) is 0 Å². The predicted octanol–water partition coefficient (Wildman–Crippen LogP) is 4.12. The summed E-state index contributed by atoms with van der Waals surface area (Å²) < 4.78 is 6.66. The molecule has 4 heteroatoms. The SMILES string of the molecule is CCCNCC(C)COc1ccc(Br)cc1Cl. The summed E-state index contributed by atoms with van der Waals surface area (Å²) in [5, 5.41) is 4.02. The summed E-state index contributed by atoms with van der Waals surface area (Å²) in [5.41, 5.74) is 0. The molecule has 1 atom stereocenters. The van der Waals surface area contributed by atoms with Gasteiger partial charge in [0.05, 0.1) is 11.6 Å². The first kappa shape index (κ1) is 14.8. The van der Waals surface area contributed by atoms with Gasteiger partial charge in [-0.25, -0.2) is 0 Å². The van der Waals surface area contributed by atoms with Gasteiger partial charge in [0.2, 0.25) is 0 Å². The molecule has 1 aromatic carbocycles. The summed E-state index contributed by atoms with van der Waals surface area (Å²) in [7, 11) is 0. The highest BCUT2D eigenvalue weighted by Crippen LogP contribution is 2.27. The summed E-state index contributed by atoms with van der Waals surface area (Å²) in [5.74, 6) is 1.22. The molecule has 0 bridgehead atoms. The summed E-state index contributed by atoms with van der Waals surface area (Å²) in [6, 6.07) is 5.66. The third-order valence-electron chi connectivity index (χ3n) is 2.34. The number of benzene rings is 1. The lowest BCUT2D eigenvalue weighted by molar-refractivity contribution is 0.256. The highest BCUT2D eigenvalue weighted by molar-refractivity contribution is 9.10. The number of rotatable bonds is 7. The van der Waals surface area contributed by atoms with Crippen molar-refractivity contribution in [3.8, 4) is 5.75 Å². The Morgan fingerprint density at radius 1 is 1.47 bits per heavy atom. The molecule has 0 aliphatic carbocycles. The average Bonchev–Trinajstić information content (AvgIpc) is 2.28. The summed E-state index contributed by atoms with van der Waals surface area (Å²) in [6.45, 7) is 7.04.